The number of hydrogen-bond acceptors (Lipinski definition) is 4. The predicted molar refractivity (Wildman–Crippen MR) is 93.9 cm³/mol. The van der Waals surface area contributed by atoms with Gasteiger partial charge in [-0.3, -0.25) is 0 Å². The SMILES string of the molecule is CC(NCC(C)(O)c1ccsc1)c1ccc(-n2ccnc2)cc1. The van der Waals surface area contributed by atoms with E-state index in [1.807, 2.05) is 34.5 Å². The van der Waals surface area contributed by atoms with Gasteiger partial charge in [-0.15, -0.1) is 0 Å². The number of nitrogens with one attached hydrogen (secondary N) is 1. The number of rotatable bonds is 6. The average Bonchev–Trinajstić information content (AvgIpc) is 3.26. The molecule has 0 bridgehead atoms. The topological polar surface area (TPSA) is 50.1 Å². The first-order valence-corrected chi connectivity index (χ1v) is 8.57. The van der Waals surface area contributed by atoms with Crippen LogP contribution in [0.3, 0.4) is 0 Å². The van der Waals surface area contributed by atoms with Crippen LogP contribution in [0.5, 0.6) is 0 Å². The van der Waals surface area contributed by atoms with Crippen molar-refractivity contribution in [3.05, 3.63) is 70.9 Å². The maximum Gasteiger partial charge on any atom is 0.100 e. The van der Waals surface area contributed by atoms with Crippen LogP contribution in [-0.4, -0.2) is 21.2 Å². The van der Waals surface area contributed by atoms with E-state index in [0.29, 0.717) is 6.54 Å². The Morgan fingerprint density at radius 1 is 1.30 bits per heavy atom. The fourth-order valence-electron chi connectivity index (χ4n) is 2.49. The minimum absolute atomic E-state index is 0.164. The molecule has 0 fully saturated rings. The summed E-state index contributed by atoms with van der Waals surface area (Å²) in [6.07, 6.45) is 5.48. The van der Waals surface area contributed by atoms with Crippen molar-refractivity contribution in [1.82, 2.24) is 14.9 Å². The molecule has 0 spiro atoms. The van der Waals surface area contributed by atoms with Crippen LogP contribution in [0.1, 0.15) is 31.0 Å². The average molecular weight is 327 g/mol. The van der Waals surface area contributed by atoms with Crippen molar-refractivity contribution in [2.75, 3.05) is 6.54 Å². The van der Waals surface area contributed by atoms with Gasteiger partial charge in [-0.25, -0.2) is 4.98 Å². The van der Waals surface area contributed by atoms with Gasteiger partial charge in [0.25, 0.3) is 0 Å². The van der Waals surface area contributed by atoms with Crippen molar-refractivity contribution >= 4 is 11.3 Å². The Morgan fingerprint density at radius 3 is 2.70 bits per heavy atom. The molecule has 0 saturated carbocycles. The molecule has 0 radical (unpaired) electrons. The highest BCUT2D eigenvalue weighted by atomic mass is 32.1. The second kappa shape index (κ2) is 6.66. The van der Waals surface area contributed by atoms with E-state index in [4.69, 9.17) is 0 Å². The van der Waals surface area contributed by atoms with E-state index < -0.39 is 5.60 Å². The second-order valence-corrected chi connectivity index (χ2v) is 6.73. The van der Waals surface area contributed by atoms with Gasteiger partial charge in [0.2, 0.25) is 0 Å². The third-order valence-electron chi connectivity index (χ3n) is 4.09. The lowest BCUT2D eigenvalue weighted by atomic mass is 9.98. The van der Waals surface area contributed by atoms with Crippen molar-refractivity contribution in [2.45, 2.75) is 25.5 Å². The van der Waals surface area contributed by atoms with E-state index in [-0.39, 0.29) is 6.04 Å². The summed E-state index contributed by atoms with van der Waals surface area (Å²) in [4.78, 5) is 4.06. The summed E-state index contributed by atoms with van der Waals surface area (Å²) in [6, 6.07) is 10.5. The maximum atomic E-state index is 10.6. The lowest BCUT2D eigenvalue weighted by molar-refractivity contribution is 0.0548. The molecule has 3 aromatic rings. The molecule has 2 atom stereocenters. The molecule has 0 saturated heterocycles. The minimum Gasteiger partial charge on any atom is -0.384 e. The van der Waals surface area contributed by atoms with Crippen LogP contribution in [-0.2, 0) is 5.60 Å². The van der Waals surface area contributed by atoms with Gasteiger partial charge >= 0.3 is 0 Å². The number of hydrogen-bond donors (Lipinski definition) is 2. The normalized spacial score (nSPS) is 15.3. The van der Waals surface area contributed by atoms with Crippen LogP contribution in [0.25, 0.3) is 5.69 Å². The lowest BCUT2D eigenvalue weighted by Gasteiger charge is -2.25. The summed E-state index contributed by atoms with van der Waals surface area (Å²) >= 11 is 1.60. The number of nitrogens with zero attached hydrogens (tertiary/aromatic N) is 2. The van der Waals surface area contributed by atoms with E-state index in [1.54, 1.807) is 23.9 Å². The fraction of sp³-hybridized carbons (Fsp3) is 0.278. The molecule has 3 rings (SSSR count). The summed E-state index contributed by atoms with van der Waals surface area (Å²) in [5, 5.41) is 18.0. The first kappa shape index (κ1) is 15.9. The third kappa shape index (κ3) is 3.69. The number of aliphatic hydroxyl groups is 1. The molecule has 2 aromatic heterocycles. The molecular weight excluding hydrogens is 306 g/mol. The number of benzene rings is 1. The van der Waals surface area contributed by atoms with E-state index >= 15 is 0 Å². The largest absolute Gasteiger partial charge is 0.384 e. The Labute approximate surface area is 140 Å². The molecule has 2 heterocycles. The summed E-state index contributed by atoms with van der Waals surface area (Å²) in [6.45, 7) is 4.46. The Bertz CT molecular complexity index is 718. The fourth-order valence-corrected chi connectivity index (χ4v) is 3.27. The van der Waals surface area contributed by atoms with Crippen molar-refractivity contribution in [2.24, 2.45) is 0 Å². The zero-order valence-electron chi connectivity index (χ0n) is 13.3. The summed E-state index contributed by atoms with van der Waals surface area (Å²) in [7, 11) is 0. The Balaban J connectivity index is 1.63. The van der Waals surface area contributed by atoms with Crippen LogP contribution < -0.4 is 5.32 Å². The van der Waals surface area contributed by atoms with Crippen LogP contribution in [0.15, 0.2) is 59.8 Å². The van der Waals surface area contributed by atoms with E-state index in [0.717, 1.165) is 11.3 Å². The quantitative estimate of drug-likeness (QED) is 0.728. The van der Waals surface area contributed by atoms with Gasteiger partial charge in [0.15, 0.2) is 0 Å². The molecular formula is C18H21N3OS. The summed E-state index contributed by atoms with van der Waals surface area (Å²) in [5.41, 5.74) is 2.38. The zero-order chi connectivity index (χ0) is 16.3. The smallest absolute Gasteiger partial charge is 0.100 e. The Morgan fingerprint density at radius 2 is 2.09 bits per heavy atom. The van der Waals surface area contributed by atoms with Gasteiger partial charge in [0, 0.05) is 30.7 Å². The lowest BCUT2D eigenvalue weighted by Crippen LogP contribution is -2.36. The first-order chi connectivity index (χ1) is 11.1. The highest BCUT2D eigenvalue weighted by molar-refractivity contribution is 7.08. The van der Waals surface area contributed by atoms with E-state index in [2.05, 4.69) is 41.5 Å². The molecule has 23 heavy (non-hydrogen) atoms. The number of thiophene rings is 1. The molecule has 120 valence electrons. The summed E-state index contributed by atoms with van der Waals surface area (Å²) in [5.74, 6) is 0. The predicted octanol–water partition coefficient (Wildman–Crippen LogP) is 3.49. The standard InChI is InChI=1S/C18H21N3OS/c1-14(20-12-18(2,22)16-7-10-23-11-16)15-3-5-17(6-4-15)21-9-8-19-13-21/h3-11,13-14,20,22H,12H2,1-2H3. The van der Waals surface area contributed by atoms with Crippen LogP contribution in [0.2, 0.25) is 0 Å². The Hall–Kier alpha value is -1.95. The maximum absolute atomic E-state index is 10.6. The van der Waals surface area contributed by atoms with Crippen molar-refractivity contribution in [3.8, 4) is 5.69 Å². The van der Waals surface area contributed by atoms with Gasteiger partial charge in [0.05, 0.1) is 6.33 Å². The molecule has 2 N–H and O–H groups in total. The van der Waals surface area contributed by atoms with Gasteiger partial charge in [-0.2, -0.15) is 11.3 Å². The second-order valence-electron chi connectivity index (χ2n) is 5.95. The monoisotopic (exact) mass is 327 g/mol. The Kier molecular flexibility index (Phi) is 4.61. The minimum atomic E-state index is -0.856. The summed E-state index contributed by atoms with van der Waals surface area (Å²) < 4.78 is 1.98. The molecule has 1 aromatic carbocycles. The highest BCUT2D eigenvalue weighted by Gasteiger charge is 2.24. The zero-order valence-corrected chi connectivity index (χ0v) is 14.1. The van der Waals surface area contributed by atoms with Gasteiger partial charge in [0.1, 0.15) is 5.60 Å². The number of imidazole rings is 1. The third-order valence-corrected chi connectivity index (χ3v) is 4.77. The van der Waals surface area contributed by atoms with Gasteiger partial charge in [-0.1, -0.05) is 12.1 Å². The van der Waals surface area contributed by atoms with Crippen LogP contribution in [0.4, 0.5) is 0 Å². The van der Waals surface area contributed by atoms with Crippen molar-refractivity contribution < 1.29 is 5.11 Å². The molecule has 0 aliphatic rings. The van der Waals surface area contributed by atoms with Crippen molar-refractivity contribution in [3.63, 3.8) is 0 Å². The van der Waals surface area contributed by atoms with Crippen LogP contribution in [0, 0.1) is 0 Å². The number of aromatic nitrogens is 2. The van der Waals surface area contributed by atoms with Gasteiger partial charge in [-0.05, 0) is 53.9 Å². The molecule has 5 heteroatoms. The molecule has 0 aliphatic carbocycles. The highest BCUT2D eigenvalue weighted by Crippen LogP contribution is 2.23. The molecule has 2 unspecified atom stereocenters. The molecule has 0 amide bonds. The molecule has 4 nitrogen and oxygen atoms in total. The van der Waals surface area contributed by atoms with Crippen molar-refractivity contribution in [1.29, 1.82) is 0 Å². The van der Waals surface area contributed by atoms with E-state index in [9.17, 15) is 5.11 Å². The van der Waals surface area contributed by atoms with Gasteiger partial charge < -0.3 is 15.0 Å². The van der Waals surface area contributed by atoms with Crippen LogP contribution >= 0.6 is 11.3 Å². The molecule has 0 aliphatic heterocycles. The first-order valence-electron chi connectivity index (χ1n) is 7.63. The van der Waals surface area contributed by atoms with E-state index in [1.165, 1.54) is 5.56 Å².